The molecule has 83 heavy (non-hydrogen) atoms. The third-order valence-corrected chi connectivity index (χ3v) is 19.2. The van der Waals surface area contributed by atoms with E-state index in [1.54, 1.807) is 0 Å². The summed E-state index contributed by atoms with van der Waals surface area (Å²) in [4.78, 5) is 36.0. The molecule has 0 unspecified atom stereocenters. The average Bonchev–Trinajstić information content (AvgIpc) is 3.26. The zero-order valence-electron chi connectivity index (χ0n) is 47.2. The van der Waals surface area contributed by atoms with Crippen LogP contribution >= 0.6 is 0 Å². The van der Waals surface area contributed by atoms with Gasteiger partial charge in [0.1, 0.15) is 0 Å². The first-order valence-corrected chi connectivity index (χ1v) is 29.1. The molecule has 4 heterocycles. The third kappa shape index (κ3) is 6.06. The molecule has 0 atom stereocenters. The van der Waals surface area contributed by atoms with Gasteiger partial charge < -0.3 is 14.2 Å². The van der Waals surface area contributed by atoms with Gasteiger partial charge in [0.15, 0.2) is 10.9 Å². The van der Waals surface area contributed by atoms with E-state index in [0.717, 1.165) is 67.4 Å². The number of pyridine rings is 2. The van der Waals surface area contributed by atoms with Crippen LogP contribution in [0.25, 0.3) is 60.3 Å². The minimum absolute atomic E-state index is 0.0850. The fourth-order valence-corrected chi connectivity index (χ4v) is 15.6. The lowest BCUT2D eigenvalue weighted by Gasteiger charge is -2.46. The lowest BCUT2D eigenvalue weighted by molar-refractivity contribution is 0.591. The Balaban J connectivity index is 0.961. The van der Waals surface area contributed by atoms with Crippen LogP contribution in [-0.2, 0) is 21.7 Å². The Kier molecular flexibility index (Phi) is 9.48. The molecule has 11 aromatic carbocycles. The van der Waals surface area contributed by atoms with Crippen molar-refractivity contribution in [2.75, 3.05) is 9.80 Å². The topological polar surface area (TPSA) is 45.0 Å². The van der Waals surface area contributed by atoms with Gasteiger partial charge in [0.25, 0.3) is 0 Å². The van der Waals surface area contributed by atoms with E-state index in [1.807, 2.05) is 0 Å². The molecule has 13 aromatic rings. The molecule has 0 bridgehead atoms. The predicted octanol–water partition coefficient (Wildman–Crippen LogP) is 18.4. The van der Waals surface area contributed by atoms with Crippen molar-refractivity contribution in [1.82, 2.24) is 4.40 Å². The first-order chi connectivity index (χ1) is 40.3. The molecule has 0 fully saturated rings. The van der Waals surface area contributed by atoms with Crippen molar-refractivity contribution in [1.29, 1.82) is 0 Å². The Bertz CT molecular complexity index is 4920. The molecule has 2 spiro atoms. The van der Waals surface area contributed by atoms with Crippen molar-refractivity contribution in [3.63, 3.8) is 0 Å². The van der Waals surface area contributed by atoms with E-state index in [9.17, 15) is 0 Å². The van der Waals surface area contributed by atoms with Crippen molar-refractivity contribution in [2.45, 2.75) is 63.2 Å². The number of aromatic nitrogens is 1. The van der Waals surface area contributed by atoms with Crippen LogP contribution in [-0.4, -0.2) is 4.40 Å². The van der Waals surface area contributed by atoms with E-state index in [-0.39, 0.29) is 21.7 Å². The number of nitrogens with zero attached hydrogens (tertiary/aromatic N) is 3. The summed E-state index contributed by atoms with van der Waals surface area (Å²) in [6.45, 7) is 13.1. The van der Waals surface area contributed by atoms with Crippen molar-refractivity contribution in [2.24, 2.45) is 0 Å². The van der Waals surface area contributed by atoms with Crippen LogP contribution < -0.4 is 20.7 Å². The van der Waals surface area contributed by atoms with E-state index < -0.39 is 10.8 Å². The quantitative estimate of drug-likeness (QED) is 0.128. The molecule has 0 N–H and O–H groups in total. The largest absolute Gasteiger partial charge is 0.310 e. The zero-order chi connectivity index (χ0) is 56.1. The summed E-state index contributed by atoms with van der Waals surface area (Å²) < 4.78 is 2.19. The number of benzene rings is 11. The van der Waals surface area contributed by atoms with E-state index in [4.69, 9.17) is 0 Å². The second kappa shape index (κ2) is 16.4. The maximum absolute atomic E-state index is 15.6. The van der Waals surface area contributed by atoms with Gasteiger partial charge in [-0.2, -0.15) is 0 Å². The average molecular weight is 1070 g/mol. The van der Waals surface area contributed by atoms with Gasteiger partial charge in [0.05, 0.1) is 50.1 Å². The van der Waals surface area contributed by atoms with Gasteiger partial charge in [-0.05, 0) is 168 Å². The lowest BCUT2D eigenvalue weighted by atomic mass is 9.62. The van der Waals surface area contributed by atoms with Gasteiger partial charge >= 0.3 is 0 Å². The number of rotatable bonds is 2. The lowest BCUT2D eigenvalue weighted by Crippen LogP contribution is -2.38. The molecule has 2 aliphatic heterocycles. The van der Waals surface area contributed by atoms with Crippen LogP contribution in [0.3, 0.4) is 0 Å². The maximum atomic E-state index is 15.6. The van der Waals surface area contributed by atoms with Crippen molar-refractivity contribution >= 4 is 72.2 Å². The molecule has 17 rings (SSSR count). The Morgan fingerprint density at radius 3 is 1.07 bits per heavy atom. The molecule has 0 saturated carbocycles. The highest BCUT2D eigenvalue weighted by molar-refractivity contribution is 6.11. The van der Waals surface area contributed by atoms with Crippen molar-refractivity contribution < 1.29 is 0 Å². The fourth-order valence-electron chi connectivity index (χ4n) is 15.6. The third-order valence-electron chi connectivity index (χ3n) is 19.2. The summed E-state index contributed by atoms with van der Waals surface area (Å²) in [5.41, 5.74) is 23.1. The number of hydrogen-bond acceptors (Lipinski definition) is 4. The van der Waals surface area contributed by atoms with Gasteiger partial charge in [0, 0.05) is 32.9 Å². The summed E-state index contributed by atoms with van der Waals surface area (Å²) in [5, 5.41) is 2.30. The Labute approximate surface area is 482 Å². The van der Waals surface area contributed by atoms with Crippen LogP contribution in [0.1, 0.15) is 97.2 Å². The standard InChI is InChI=1S/C78H57N3O2/c1-75(2,3)46-36-38-66-54(40-46)73(82)56-42-49(43-57-72(56)81(66)67-39-37-47(76(4,5)6)41-55(67)74(57)83)80-70-34-20-16-30-62(70)78(63-31-17-21-35-71(63)80)59-27-13-11-25-51(59)53-44-52-50-24-10-12-26-58(50)77(64(52)45-65(53)78)60-28-14-18-32-68(60)79(48-22-8-7-9-23-48)69-33-19-15-29-61(69)77/h7-45H,1-6H3. The zero-order valence-corrected chi connectivity index (χ0v) is 47.2. The minimum atomic E-state index is -0.792. The highest BCUT2D eigenvalue weighted by Crippen LogP contribution is 2.68. The number of fused-ring (bicyclic) bond motifs is 22. The Morgan fingerprint density at radius 2 is 0.663 bits per heavy atom. The summed E-state index contributed by atoms with van der Waals surface area (Å²) in [6, 6.07) is 86.6. The number of para-hydroxylation sites is 5. The van der Waals surface area contributed by atoms with Crippen molar-refractivity contribution in [3.05, 3.63) is 313 Å². The predicted molar refractivity (Wildman–Crippen MR) is 342 cm³/mol. The van der Waals surface area contributed by atoms with Crippen LogP contribution in [0.5, 0.6) is 0 Å². The molecule has 0 saturated heterocycles. The van der Waals surface area contributed by atoms with Gasteiger partial charge in [-0.15, -0.1) is 0 Å². The second-order valence-corrected chi connectivity index (χ2v) is 25.5. The van der Waals surface area contributed by atoms with E-state index in [1.165, 1.54) is 55.6 Å². The maximum Gasteiger partial charge on any atom is 0.197 e. The molecule has 5 heteroatoms. The van der Waals surface area contributed by atoms with Crippen molar-refractivity contribution in [3.8, 4) is 22.3 Å². The highest BCUT2D eigenvalue weighted by atomic mass is 16.1. The molecule has 396 valence electrons. The summed E-state index contributed by atoms with van der Waals surface area (Å²) in [6.07, 6.45) is 0. The molecule has 5 nitrogen and oxygen atoms in total. The Hall–Kier alpha value is -9.84. The molecule has 4 aliphatic rings. The van der Waals surface area contributed by atoms with E-state index in [2.05, 4.69) is 292 Å². The number of hydrogen-bond donors (Lipinski definition) is 0. The Morgan fingerprint density at radius 1 is 0.301 bits per heavy atom. The minimum Gasteiger partial charge on any atom is -0.310 e. The molecule has 2 aliphatic carbocycles. The number of anilines is 6. The summed E-state index contributed by atoms with van der Waals surface area (Å²) in [5.74, 6) is 0. The van der Waals surface area contributed by atoms with E-state index >= 15 is 9.59 Å². The van der Waals surface area contributed by atoms with Gasteiger partial charge in [-0.3, -0.25) is 9.59 Å². The first kappa shape index (κ1) is 47.9. The second-order valence-electron chi connectivity index (χ2n) is 25.5. The van der Waals surface area contributed by atoms with Gasteiger partial charge in [-0.1, -0.05) is 199 Å². The molecular weight excluding hydrogens is 1010 g/mol. The summed E-state index contributed by atoms with van der Waals surface area (Å²) in [7, 11) is 0. The molecule has 0 amide bonds. The van der Waals surface area contributed by atoms with Crippen LogP contribution in [0.2, 0.25) is 0 Å². The SMILES string of the molecule is CC(C)(C)c1ccc2c(c1)c(=O)c1cc(N3c4ccccc4C4(c5ccccc5-c5cc6c(cc54)C4(c5ccccc5-6)c5ccccc5N(c5ccccc5)c5ccccc54)c4ccccc43)cc3c(=O)c4cc(C(C)(C)C)ccc4n2c13. The van der Waals surface area contributed by atoms with E-state index in [0.29, 0.717) is 27.1 Å². The highest BCUT2D eigenvalue weighted by Gasteiger charge is 2.56. The molecule has 2 aromatic heterocycles. The van der Waals surface area contributed by atoms with Crippen LogP contribution in [0.4, 0.5) is 34.1 Å². The molecule has 0 radical (unpaired) electrons. The molecular formula is C78H57N3O2. The fraction of sp³-hybridized carbons (Fsp3) is 0.128. The monoisotopic (exact) mass is 1070 g/mol. The van der Waals surface area contributed by atoms with Gasteiger partial charge in [-0.25, -0.2) is 0 Å². The van der Waals surface area contributed by atoms with Gasteiger partial charge in [0.2, 0.25) is 0 Å². The van der Waals surface area contributed by atoms with Crippen LogP contribution in [0, 0.1) is 0 Å². The summed E-state index contributed by atoms with van der Waals surface area (Å²) >= 11 is 0. The van der Waals surface area contributed by atoms with Crippen LogP contribution in [0.15, 0.2) is 246 Å². The first-order valence-electron chi connectivity index (χ1n) is 29.1. The smallest absolute Gasteiger partial charge is 0.197 e. The normalized spacial score (nSPS) is 14.9.